The molecule has 31 heavy (non-hydrogen) atoms. The van der Waals surface area contributed by atoms with Gasteiger partial charge in [-0.25, -0.2) is 9.79 Å². The summed E-state index contributed by atoms with van der Waals surface area (Å²) in [4.78, 5) is 16.4. The van der Waals surface area contributed by atoms with Gasteiger partial charge in [0.05, 0.1) is 6.54 Å². The molecule has 0 aliphatic carbocycles. The van der Waals surface area contributed by atoms with E-state index in [1.165, 1.54) is 0 Å². The number of anilines is 1. The van der Waals surface area contributed by atoms with Crippen LogP contribution < -0.4 is 21.3 Å². The van der Waals surface area contributed by atoms with Crippen molar-refractivity contribution >= 4 is 17.7 Å². The van der Waals surface area contributed by atoms with Gasteiger partial charge in [0.15, 0.2) is 5.96 Å². The van der Waals surface area contributed by atoms with E-state index in [0.29, 0.717) is 12.5 Å². The van der Waals surface area contributed by atoms with Crippen LogP contribution in [0.15, 0.2) is 29.3 Å². The van der Waals surface area contributed by atoms with E-state index in [9.17, 15) is 4.79 Å². The van der Waals surface area contributed by atoms with Crippen LogP contribution in [0.5, 0.6) is 0 Å². The molecule has 0 aromatic heterocycles. The number of amides is 2. The number of urea groups is 1. The predicted molar refractivity (Wildman–Crippen MR) is 126 cm³/mol. The zero-order chi connectivity index (χ0) is 22.3. The van der Waals surface area contributed by atoms with Crippen molar-refractivity contribution in [1.29, 1.82) is 0 Å². The fraction of sp³-hybridized carbons (Fsp3) is 0.652. The summed E-state index contributed by atoms with van der Waals surface area (Å²) in [7, 11) is 0. The molecule has 2 rings (SSSR count). The number of aliphatic imine (C=N–C) groups is 1. The van der Waals surface area contributed by atoms with Crippen LogP contribution in [0.25, 0.3) is 0 Å². The molecule has 0 bridgehead atoms. The second-order valence-corrected chi connectivity index (χ2v) is 8.06. The molecule has 174 valence electrons. The lowest BCUT2D eigenvalue weighted by atomic mass is 10.0. The highest BCUT2D eigenvalue weighted by atomic mass is 16.5. The zero-order valence-electron chi connectivity index (χ0n) is 19.2. The van der Waals surface area contributed by atoms with Crippen LogP contribution in [0.2, 0.25) is 0 Å². The summed E-state index contributed by atoms with van der Waals surface area (Å²) < 4.78 is 11.2. The Kier molecular flexibility index (Phi) is 11.8. The number of guanidine groups is 1. The third-order valence-corrected chi connectivity index (χ3v) is 4.85. The number of hydrogen-bond acceptors (Lipinski definition) is 4. The Balaban J connectivity index is 1.67. The zero-order valence-corrected chi connectivity index (χ0v) is 19.2. The lowest BCUT2D eigenvalue weighted by molar-refractivity contribution is 0.0203. The molecule has 0 atom stereocenters. The molecule has 1 aliphatic heterocycles. The SMILES string of the molecule is CCNC(=NCc1ccc(NC(=O)NC(C)C)cc1)NCCCOCC1CCOCC1. The van der Waals surface area contributed by atoms with Crippen molar-refractivity contribution in [3.8, 4) is 0 Å². The maximum Gasteiger partial charge on any atom is 0.319 e. The largest absolute Gasteiger partial charge is 0.381 e. The van der Waals surface area contributed by atoms with Crippen LogP contribution in [0.3, 0.4) is 0 Å². The lowest BCUT2D eigenvalue weighted by Crippen LogP contribution is -2.38. The number of nitrogens with one attached hydrogen (secondary N) is 4. The Hall–Kier alpha value is -2.32. The van der Waals surface area contributed by atoms with Gasteiger partial charge in [-0.15, -0.1) is 0 Å². The first-order valence-electron chi connectivity index (χ1n) is 11.4. The lowest BCUT2D eigenvalue weighted by Gasteiger charge is -2.21. The minimum absolute atomic E-state index is 0.101. The molecule has 1 aliphatic rings. The summed E-state index contributed by atoms with van der Waals surface area (Å²) in [6.45, 7) is 11.4. The number of carbonyl (C=O) groups excluding carboxylic acids is 1. The van der Waals surface area contributed by atoms with Crippen LogP contribution >= 0.6 is 0 Å². The molecule has 2 amide bonds. The number of carbonyl (C=O) groups is 1. The number of hydrogen-bond donors (Lipinski definition) is 4. The summed E-state index contributed by atoms with van der Waals surface area (Å²) in [5.74, 6) is 1.44. The van der Waals surface area contributed by atoms with Gasteiger partial charge in [-0.05, 0) is 63.6 Å². The Morgan fingerprint density at radius 1 is 1.19 bits per heavy atom. The van der Waals surface area contributed by atoms with Crippen LogP contribution in [0.4, 0.5) is 10.5 Å². The van der Waals surface area contributed by atoms with Crippen molar-refractivity contribution in [2.24, 2.45) is 10.9 Å². The normalized spacial score (nSPS) is 15.0. The van der Waals surface area contributed by atoms with E-state index in [2.05, 4.69) is 33.2 Å². The fourth-order valence-corrected chi connectivity index (χ4v) is 3.18. The van der Waals surface area contributed by atoms with Gasteiger partial charge in [-0.3, -0.25) is 0 Å². The number of rotatable bonds is 11. The minimum Gasteiger partial charge on any atom is -0.381 e. The molecular weight excluding hydrogens is 394 g/mol. The maximum absolute atomic E-state index is 11.8. The average Bonchev–Trinajstić information content (AvgIpc) is 2.75. The second kappa shape index (κ2) is 14.6. The Labute approximate surface area is 186 Å². The predicted octanol–water partition coefficient (Wildman–Crippen LogP) is 3.10. The van der Waals surface area contributed by atoms with E-state index in [1.54, 1.807) is 0 Å². The number of nitrogens with zero attached hydrogens (tertiary/aromatic N) is 1. The molecule has 1 saturated heterocycles. The summed E-state index contributed by atoms with van der Waals surface area (Å²) in [5, 5.41) is 12.3. The van der Waals surface area contributed by atoms with Crippen LogP contribution in [-0.2, 0) is 16.0 Å². The van der Waals surface area contributed by atoms with Crippen molar-refractivity contribution in [3.05, 3.63) is 29.8 Å². The Morgan fingerprint density at radius 2 is 1.94 bits per heavy atom. The topological polar surface area (TPSA) is 96.0 Å². The molecule has 1 aromatic rings. The highest BCUT2D eigenvalue weighted by molar-refractivity contribution is 5.89. The molecule has 0 saturated carbocycles. The molecule has 8 heteroatoms. The van der Waals surface area contributed by atoms with Gasteiger partial charge in [-0.1, -0.05) is 12.1 Å². The van der Waals surface area contributed by atoms with E-state index in [1.807, 2.05) is 38.1 Å². The van der Waals surface area contributed by atoms with Crippen molar-refractivity contribution in [2.45, 2.75) is 52.6 Å². The molecular formula is C23H39N5O3. The first-order valence-corrected chi connectivity index (χ1v) is 11.4. The average molecular weight is 434 g/mol. The van der Waals surface area contributed by atoms with Gasteiger partial charge in [0.2, 0.25) is 0 Å². The van der Waals surface area contributed by atoms with E-state index in [0.717, 1.165) is 76.0 Å². The third kappa shape index (κ3) is 11.0. The van der Waals surface area contributed by atoms with Crippen LogP contribution in [0, 0.1) is 5.92 Å². The Morgan fingerprint density at radius 3 is 2.61 bits per heavy atom. The monoisotopic (exact) mass is 433 g/mol. The van der Waals surface area contributed by atoms with Crippen LogP contribution in [-0.4, -0.2) is 57.5 Å². The van der Waals surface area contributed by atoms with E-state index in [4.69, 9.17) is 9.47 Å². The van der Waals surface area contributed by atoms with Gasteiger partial charge < -0.3 is 30.7 Å². The second-order valence-electron chi connectivity index (χ2n) is 8.06. The van der Waals surface area contributed by atoms with Gasteiger partial charge >= 0.3 is 6.03 Å². The quantitative estimate of drug-likeness (QED) is 0.244. The number of ether oxygens (including phenoxy) is 2. The molecule has 1 fully saturated rings. The van der Waals surface area contributed by atoms with Crippen molar-refractivity contribution in [1.82, 2.24) is 16.0 Å². The van der Waals surface area contributed by atoms with Crippen molar-refractivity contribution in [2.75, 3.05) is 44.8 Å². The summed E-state index contributed by atoms with van der Waals surface area (Å²) in [5.41, 5.74) is 1.84. The minimum atomic E-state index is -0.198. The molecule has 0 unspecified atom stereocenters. The summed E-state index contributed by atoms with van der Waals surface area (Å²) in [6, 6.07) is 7.63. The fourth-order valence-electron chi connectivity index (χ4n) is 3.18. The maximum atomic E-state index is 11.8. The highest BCUT2D eigenvalue weighted by Gasteiger charge is 2.13. The molecule has 0 radical (unpaired) electrons. The van der Waals surface area contributed by atoms with Gasteiger partial charge in [0, 0.05) is 51.2 Å². The van der Waals surface area contributed by atoms with E-state index in [-0.39, 0.29) is 12.1 Å². The summed E-state index contributed by atoms with van der Waals surface area (Å²) >= 11 is 0. The van der Waals surface area contributed by atoms with Crippen molar-refractivity contribution < 1.29 is 14.3 Å². The van der Waals surface area contributed by atoms with E-state index < -0.39 is 0 Å². The highest BCUT2D eigenvalue weighted by Crippen LogP contribution is 2.14. The standard InChI is InChI=1S/C23H39N5O3/c1-4-24-22(25-12-5-13-31-17-20-10-14-30-15-11-20)26-16-19-6-8-21(9-7-19)28-23(29)27-18(2)3/h6-9,18,20H,4-5,10-17H2,1-3H3,(H2,24,25,26)(H2,27,28,29). The molecule has 0 spiro atoms. The van der Waals surface area contributed by atoms with Gasteiger partial charge in [-0.2, -0.15) is 0 Å². The Bertz CT molecular complexity index is 658. The molecule has 4 N–H and O–H groups in total. The molecule has 8 nitrogen and oxygen atoms in total. The van der Waals surface area contributed by atoms with Crippen LogP contribution in [0.1, 0.15) is 45.6 Å². The first-order chi connectivity index (χ1) is 15.1. The van der Waals surface area contributed by atoms with E-state index >= 15 is 0 Å². The third-order valence-electron chi connectivity index (χ3n) is 4.85. The number of benzene rings is 1. The first kappa shape index (κ1) is 24.9. The molecule has 1 heterocycles. The van der Waals surface area contributed by atoms with Gasteiger partial charge in [0.25, 0.3) is 0 Å². The smallest absolute Gasteiger partial charge is 0.319 e. The summed E-state index contributed by atoms with van der Waals surface area (Å²) in [6.07, 6.45) is 3.15. The van der Waals surface area contributed by atoms with Crippen molar-refractivity contribution in [3.63, 3.8) is 0 Å². The molecule has 1 aromatic carbocycles. The van der Waals surface area contributed by atoms with Gasteiger partial charge in [0.1, 0.15) is 0 Å².